The Morgan fingerprint density at radius 2 is 1.64 bits per heavy atom. The topological polar surface area (TPSA) is 108 Å². The number of nitriles is 2. The highest BCUT2D eigenvalue weighted by atomic mass is 16.5. The Balaban J connectivity index is 1.81. The van der Waals surface area contributed by atoms with E-state index in [4.69, 9.17) is 14.7 Å². The van der Waals surface area contributed by atoms with E-state index >= 15 is 0 Å². The number of carbonyl (C=O) groups is 1. The van der Waals surface area contributed by atoms with E-state index in [0.29, 0.717) is 33.9 Å². The Morgan fingerprint density at radius 1 is 0.917 bits per heavy atom. The second-order valence-electron chi connectivity index (χ2n) is 8.07. The predicted molar refractivity (Wildman–Crippen MR) is 136 cm³/mol. The molecule has 0 atom stereocenters. The van der Waals surface area contributed by atoms with Crippen molar-refractivity contribution in [3.8, 4) is 40.6 Å². The Morgan fingerprint density at radius 3 is 2.31 bits per heavy atom. The number of pyridine rings is 1. The smallest absolute Gasteiger partial charge is 0.261 e. The first-order valence-electron chi connectivity index (χ1n) is 11.1. The molecule has 3 aromatic carbocycles. The molecule has 0 aliphatic heterocycles. The fourth-order valence-electron chi connectivity index (χ4n) is 3.78. The molecular weight excluding hydrogens is 452 g/mol. The van der Waals surface area contributed by atoms with Gasteiger partial charge in [-0.3, -0.25) is 4.79 Å². The third-order valence-electron chi connectivity index (χ3n) is 5.63. The Kier molecular flexibility index (Phi) is 6.95. The minimum absolute atomic E-state index is 0.0954. The molecule has 0 aliphatic rings. The van der Waals surface area contributed by atoms with Crippen LogP contribution in [0.25, 0.3) is 11.1 Å². The first kappa shape index (κ1) is 24.0. The summed E-state index contributed by atoms with van der Waals surface area (Å²) in [5, 5.41) is 21.2. The van der Waals surface area contributed by atoms with E-state index in [9.17, 15) is 10.1 Å². The molecule has 36 heavy (non-hydrogen) atoms. The number of nitrogens with one attached hydrogen (secondary N) is 1. The zero-order chi connectivity index (χ0) is 25.7. The van der Waals surface area contributed by atoms with Gasteiger partial charge >= 0.3 is 0 Å². The lowest BCUT2D eigenvalue weighted by Gasteiger charge is -2.17. The van der Waals surface area contributed by atoms with Gasteiger partial charge in [0.15, 0.2) is 11.5 Å². The quantitative estimate of drug-likeness (QED) is 0.358. The van der Waals surface area contributed by atoms with Gasteiger partial charge in [0.1, 0.15) is 5.56 Å². The van der Waals surface area contributed by atoms with Gasteiger partial charge in [0.05, 0.1) is 30.4 Å². The summed E-state index contributed by atoms with van der Waals surface area (Å²) in [6, 6.07) is 23.5. The standard InChI is InChI=1S/C29H22N4O3/c1-18-5-4-6-23(13-18)33-28(34)27-19(2)24(22-10-7-20(15-30)8-11-22)17-32-29(27)36-25-12-9-21(16-31)14-26(25)35-3/h4-14,17H,1-3H3,(H,33,34). The molecule has 4 rings (SSSR count). The number of aromatic nitrogens is 1. The minimum Gasteiger partial charge on any atom is -0.493 e. The average molecular weight is 475 g/mol. The molecule has 1 amide bonds. The monoisotopic (exact) mass is 474 g/mol. The number of aryl methyl sites for hydroxylation is 1. The maximum absolute atomic E-state index is 13.5. The molecule has 1 N–H and O–H groups in total. The number of rotatable bonds is 6. The third-order valence-corrected chi connectivity index (χ3v) is 5.63. The molecule has 176 valence electrons. The van der Waals surface area contributed by atoms with Gasteiger partial charge < -0.3 is 14.8 Å². The number of carbonyl (C=O) groups excluding carboxylic acids is 1. The number of anilines is 1. The van der Waals surface area contributed by atoms with E-state index in [1.165, 1.54) is 7.11 Å². The van der Waals surface area contributed by atoms with Crippen molar-refractivity contribution >= 4 is 11.6 Å². The Hall–Kier alpha value is -5.14. The number of hydrogen-bond donors (Lipinski definition) is 1. The van der Waals surface area contributed by atoms with E-state index < -0.39 is 0 Å². The predicted octanol–water partition coefficient (Wildman–Crippen LogP) is 6.16. The van der Waals surface area contributed by atoms with Gasteiger partial charge in [-0.1, -0.05) is 24.3 Å². The zero-order valence-corrected chi connectivity index (χ0v) is 20.0. The summed E-state index contributed by atoms with van der Waals surface area (Å²) in [7, 11) is 1.47. The highest BCUT2D eigenvalue weighted by molar-refractivity contribution is 6.08. The van der Waals surface area contributed by atoms with Crippen molar-refractivity contribution in [1.82, 2.24) is 4.98 Å². The molecule has 0 saturated carbocycles. The highest BCUT2D eigenvalue weighted by Gasteiger charge is 2.22. The number of nitrogens with zero attached hydrogens (tertiary/aromatic N) is 3. The van der Waals surface area contributed by atoms with Crippen LogP contribution in [-0.2, 0) is 0 Å². The van der Waals surface area contributed by atoms with Gasteiger partial charge in [0.2, 0.25) is 5.88 Å². The molecule has 0 bridgehead atoms. The normalized spacial score (nSPS) is 10.1. The lowest BCUT2D eigenvalue weighted by atomic mass is 9.97. The summed E-state index contributed by atoms with van der Waals surface area (Å²) < 4.78 is 11.5. The number of amides is 1. The van der Waals surface area contributed by atoms with Crippen LogP contribution in [0.5, 0.6) is 17.4 Å². The van der Waals surface area contributed by atoms with Gasteiger partial charge in [-0.2, -0.15) is 10.5 Å². The minimum atomic E-state index is -0.385. The molecule has 1 heterocycles. The number of hydrogen-bond acceptors (Lipinski definition) is 6. The summed E-state index contributed by atoms with van der Waals surface area (Å²) in [5.74, 6) is 0.371. The van der Waals surface area contributed by atoms with Crippen molar-refractivity contribution in [1.29, 1.82) is 10.5 Å². The maximum atomic E-state index is 13.5. The summed E-state index contributed by atoms with van der Waals surface area (Å²) in [5.41, 5.74) is 5.05. The van der Waals surface area contributed by atoms with Crippen LogP contribution in [0.2, 0.25) is 0 Å². The first-order valence-corrected chi connectivity index (χ1v) is 11.1. The molecule has 1 aromatic heterocycles. The number of benzene rings is 3. The summed E-state index contributed by atoms with van der Waals surface area (Å²) in [4.78, 5) is 18.0. The van der Waals surface area contributed by atoms with Crippen molar-refractivity contribution < 1.29 is 14.3 Å². The molecule has 0 unspecified atom stereocenters. The molecule has 7 nitrogen and oxygen atoms in total. The lowest BCUT2D eigenvalue weighted by molar-refractivity contribution is 0.102. The van der Waals surface area contributed by atoms with Crippen molar-refractivity contribution in [3.63, 3.8) is 0 Å². The molecule has 0 radical (unpaired) electrons. The second kappa shape index (κ2) is 10.4. The van der Waals surface area contributed by atoms with Gasteiger partial charge in [-0.25, -0.2) is 4.98 Å². The molecule has 4 aromatic rings. The summed E-state index contributed by atoms with van der Waals surface area (Å²) >= 11 is 0. The van der Waals surface area contributed by atoms with Crippen LogP contribution in [-0.4, -0.2) is 18.0 Å². The van der Waals surface area contributed by atoms with Gasteiger partial charge in [-0.05, 0) is 66.9 Å². The Labute approximate surface area is 209 Å². The van der Waals surface area contributed by atoms with Gasteiger partial charge in [0.25, 0.3) is 5.91 Å². The zero-order valence-electron chi connectivity index (χ0n) is 20.0. The van der Waals surface area contributed by atoms with Crippen LogP contribution in [0.1, 0.15) is 32.6 Å². The summed E-state index contributed by atoms with van der Waals surface area (Å²) in [6.07, 6.45) is 1.63. The molecule has 0 spiro atoms. The Bertz CT molecular complexity index is 1530. The first-order chi connectivity index (χ1) is 17.4. The van der Waals surface area contributed by atoms with E-state index in [2.05, 4.69) is 22.4 Å². The largest absolute Gasteiger partial charge is 0.493 e. The molecule has 0 aliphatic carbocycles. The van der Waals surface area contributed by atoms with Crippen LogP contribution in [0.3, 0.4) is 0 Å². The van der Waals surface area contributed by atoms with Crippen molar-refractivity contribution in [2.45, 2.75) is 13.8 Å². The fraction of sp³-hybridized carbons (Fsp3) is 0.103. The molecule has 7 heteroatoms. The van der Waals surface area contributed by atoms with Gasteiger partial charge in [-0.15, -0.1) is 0 Å². The van der Waals surface area contributed by atoms with Crippen LogP contribution in [0.4, 0.5) is 5.69 Å². The highest BCUT2D eigenvalue weighted by Crippen LogP contribution is 2.36. The van der Waals surface area contributed by atoms with E-state index in [-0.39, 0.29) is 17.4 Å². The van der Waals surface area contributed by atoms with Gasteiger partial charge in [0, 0.05) is 23.5 Å². The van der Waals surface area contributed by atoms with Crippen molar-refractivity contribution in [3.05, 3.63) is 101 Å². The van der Waals surface area contributed by atoms with E-state index in [1.54, 1.807) is 36.5 Å². The molecule has 0 saturated heterocycles. The third kappa shape index (κ3) is 5.01. The summed E-state index contributed by atoms with van der Waals surface area (Å²) in [6.45, 7) is 3.77. The van der Waals surface area contributed by atoms with Crippen molar-refractivity contribution in [2.75, 3.05) is 12.4 Å². The average Bonchev–Trinajstić information content (AvgIpc) is 2.89. The van der Waals surface area contributed by atoms with E-state index in [1.807, 2.05) is 50.2 Å². The van der Waals surface area contributed by atoms with Crippen LogP contribution < -0.4 is 14.8 Å². The van der Waals surface area contributed by atoms with Crippen molar-refractivity contribution in [2.24, 2.45) is 0 Å². The molecule has 0 fully saturated rings. The fourth-order valence-corrected chi connectivity index (χ4v) is 3.78. The van der Waals surface area contributed by atoms with Crippen LogP contribution >= 0.6 is 0 Å². The van der Waals surface area contributed by atoms with E-state index in [0.717, 1.165) is 16.7 Å². The second-order valence-corrected chi connectivity index (χ2v) is 8.07. The van der Waals surface area contributed by atoms with Crippen LogP contribution in [0, 0.1) is 36.5 Å². The number of methoxy groups -OCH3 is 1. The SMILES string of the molecule is COc1cc(C#N)ccc1Oc1ncc(-c2ccc(C#N)cc2)c(C)c1C(=O)Nc1cccc(C)c1. The van der Waals surface area contributed by atoms with Crippen LogP contribution in [0.15, 0.2) is 72.9 Å². The molecular formula is C29H22N4O3. The number of ether oxygens (including phenoxy) is 2. The maximum Gasteiger partial charge on any atom is 0.261 e. The lowest BCUT2D eigenvalue weighted by Crippen LogP contribution is -2.16.